The summed E-state index contributed by atoms with van der Waals surface area (Å²) in [5.74, 6) is -0.581. The van der Waals surface area contributed by atoms with E-state index < -0.39 is 11.4 Å². The Bertz CT molecular complexity index is 319. The van der Waals surface area contributed by atoms with Gasteiger partial charge in [0.05, 0.1) is 0 Å². The molecule has 1 rings (SSSR count). The van der Waals surface area contributed by atoms with Crippen molar-refractivity contribution < 1.29 is 9.59 Å². The van der Waals surface area contributed by atoms with Crippen molar-refractivity contribution in [2.75, 3.05) is 27.7 Å². The maximum absolute atomic E-state index is 11.7. The zero-order chi connectivity index (χ0) is 12.3. The standard InChI is InChI=1S/C11H19N3O2/c1-13(2)8-4-5-9(15)14(3)11(6-7-11)10(12)16/h4-5H,6-8H2,1-3H3,(H2,12,16)/b5-4+. The van der Waals surface area contributed by atoms with E-state index in [2.05, 4.69) is 0 Å². The molecule has 2 N–H and O–H groups in total. The van der Waals surface area contributed by atoms with Crippen LogP contribution in [0.15, 0.2) is 12.2 Å². The lowest BCUT2D eigenvalue weighted by Crippen LogP contribution is -2.47. The Balaban J connectivity index is 2.55. The predicted molar refractivity (Wildman–Crippen MR) is 61.6 cm³/mol. The number of nitrogens with zero attached hydrogens (tertiary/aromatic N) is 2. The summed E-state index contributed by atoms with van der Waals surface area (Å²) in [6.07, 6.45) is 4.61. The van der Waals surface area contributed by atoms with E-state index >= 15 is 0 Å². The van der Waals surface area contributed by atoms with Gasteiger partial charge < -0.3 is 15.5 Å². The van der Waals surface area contributed by atoms with Crippen molar-refractivity contribution in [1.29, 1.82) is 0 Å². The van der Waals surface area contributed by atoms with Gasteiger partial charge in [0, 0.05) is 19.7 Å². The van der Waals surface area contributed by atoms with Gasteiger partial charge in [-0.2, -0.15) is 0 Å². The van der Waals surface area contributed by atoms with Crippen LogP contribution >= 0.6 is 0 Å². The highest BCUT2D eigenvalue weighted by atomic mass is 16.2. The van der Waals surface area contributed by atoms with Gasteiger partial charge in [0.25, 0.3) is 0 Å². The third kappa shape index (κ3) is 2.61. The van der Waals surface area contributed by atoms with Crippen LogP contribution in [0.3, 0.4) is 0 Å². The highest BCUT2D eigenvalue weighted by molar-refractivity contribution is 5.96. The minimum absolute atomic E-state index is 0.168. The average Bonchev–Trinajstić information content (AvgIpc) is 2.96. The zero-order valence-corrected chi connectivity index (χ0v) is 10.1. The number of hydrogen-bond acceptors (Lipinski definition) is 3. The second-order valence-corrected chi connectivity index (χ2v) is 4.46. The molecule has 0 aromatic rings. The minimum Gasteiger partial charge on any atom is -0.368 e. The van der Waals surface area contributed by atoms with Gasteiger partial charge in [0.1, 0.15) is 5.54 Å². The third-order valence-corrected chi connectivity index (χ3v) is 2.89. The van der Waals surface area contributed by atoms with Crippen molar-refractivity contribution in [2.45, 2.75) is 18.4 Å². The van der Waals surface area contributed by atoms with Gasteiger partial charge in [-0.25, -0.2) is 0 Å². The summed E-state index contributed by atoms with van der Waals surface area (Å²) in [6, 6.07) is 0. The Morgan fingerprint density at radius 2 is 1.88 bits per heavy atom. The van der Waals surface area contributed by atoms with Gasteiger partial charge in [0.15, 0.2) is 0 Å². The summed E-state index contributed by atoms with van der Waals surface area (Å²) < 4.78 is 0. The van der Waals surface area contributed by atoms with Crippen LogP contribution in [0, 0.1) is 0 Å². The van der Waals surface area contributed by atoms with Gasteiger partial charge in [-0.3, -0.25) is 9.59 Å². The van der Waals surface area contributed by atoms with Gasteiger partial charge >= 0.3 is 0 Å². The number of primary amides is 1. The van der Waals surface area contributed by atoms with Crippen LogP contribution in [-0.4, -0.2) is 54.8 Å². The number of rotatable bonds is 5. The molecule has 0 radical (unpaired) electrons. The van der Waals surface area contributed by atoms with E-state index in [1.807, 2.05) is 19.0 Å². The Labute approximate surface area is 95.9 Å². The van der Waals surface area contributed by atoms with Crippen LogP contribution in [0.2, 0.25) is 0 Å². The Morgan fingerprint density at radius 3 is 2.25 bits per heavy atom. The molecule has 0 aromatic carbocycles. The highest BCUT2D eigenvalue weighted by Gasteiger charge is 2.53. The summed E-state index contributed by atoms with van der Waals surface area (Å²) in [6.45, 7) is 0.698. The van der Waals surface area contributed by atoms with Crippen LogP contribution in [0.4, 0.5) is 0 Å². The summed E-state index contributed by atoms with van der Waals surface area (Å²) in [5, 5.41) is 0. The molecule has 1 saturated carbocycles. The van der Waals surface area contributed by atoms with Crippen LogP contribution in [0.25, 0.3) is 0 Å². The number of carbonyl (C=O) groups excluding carboxylic acids is 2. The molecular weight excluding hydrogens is 206 g/mol. The molecule has 1 fully saturated rings. The van der Waals surface area contributed by atoms with Gasteiger partial charge in [-0.05, 0) is 26.9 Å². The summed E-state index contributed by atoms with van der Waals surface area (Å²) in [5.41, 5.74) is 4.56. The first-order chi connectivity index (χ1) is 7.40. The number of nitrogens with two attached hydrogens (primary N) is 1. The molecule has 2 amide bonds. The molecule has 5 heteroatoms. The van der Waals surface area contributed by atoms with Crippen LogP contribution in [0.5, 0.6) is 0 Å². The Hall–Kier alpha value is -1.36. The van der Waals surface area contributed by atoms with Crippen molar-refractivity contribution in [3.63, 3.8) is 0 Å². The topological polar surface area (TPSA) is 66.6 Å². The lowest BCUT2D eigenvalue weighted by Gasteiger charge is -2.24. The van der Waals surface area contributed by atoms with Crippen LogP contribution < -0.4 is 5.73 Å². The molecule has 5 nitrogen and oxygen atoms in total. The van der Waals surface area contributed by atoms with E-state index in [1.54, 1.807) is 13.1 Å². The maximum atomic E-state index is 11.7. The molecule has 0 aromatic heterocycles. The molecule has 90 valence electrons. The monoisotopic (exact) mass is 225 g/mol. The summed E-state index contributed by atoms with van der Waals surface area (Å²) in [4.78, 5) is 26.3. The molecule has 0 saturated heterocycles. The molecule has 16 heavy (non-hydrogen) atoms. The lowest BCUT2D eigenvalue weighted by atomic mass is 10.2. The van der Waals surface area contributed by atoms with Crippen LogP contribution in [0.1, 0.15) is 12.8 Å². The fourth-order valence-electron chi connectivity index (χ4n) is 1.55. The SMILES string of the molecule is CN(C)C/C=C/C(=O)N(C)C1(C(N)=O)CC1. The molecule has 0 heterocycles. The van der Waals surface area contributed by atoms with E-state index in [0.29, 0.717) is 19.4 Å². The molecule has 0 spiro atoms. The molecule has 0 unspecified atom stereocenters. The Kier molecular flexibility index (Phi) is 3.70. The number of likely N-dealkylation sites (N-methyl/N-ethyl adjacent to an activating group) is 2. The molecule has 0 aliphatic heterocycles. The Morgan fingerprint density at radius 1 is 1.31 bits per heavy atom. The predicted octanol–water partition coefficient (Wildman–Crippen LogP) is -0.419. The van der Waals surface area contributed by atoms with Gasteiger partial charge in [-0.15, -0.1) is 0 Å². The largest absolute Gasteiger partial charge is 0.368 e. The molecule has 0 bridgehead atoms. The third-order valence-electron chi connectivity index (χ3n) is 2.89. The minimum atomic E-state index is -0.723. The van der Waals surface area contributed by atoms with Gasteiger partial charge in [0.2, 0.25) is 11.8 Å². The molecule has 1 aliphatic carbocycles. The van der Waals surface area contributed by atoms with Crippen molar-refractivity contribution in [1.82, 2.24) is 9.80 Å². The second kappa shape index (κ2) is 4.65. The first kappa shape index (κ1) is 12.7. The first-order valence-corrected chi connectivity index (χ1v) is 5.29. The van der Waals surface area contributed by atoms with E-state index in [9.17, 15) is 9.59 Å². The molecular formula is C11H19N3O2. The summed E-state index contributed by atoms with van der Waals surface area (Å²) in [7, 11) is 5.47. The smallest absolute Gasteiger partial charge is 0.246 e. The van der Waals surface area contributed by atoms with Crippen LogP contribution in [-0.2, 0) is 9.59 Å². The van der Waals surface area contributed by atoms with Gasteiger partial charge in [-0.1, -0.05) is 6.08 Å². The van der Waals surface area contributed by atoms with Crippen molar-refractivity contribution in [3.8, 4) is 0 Å². The number of hydrogen-bond donors (Lipinski definition) is 1. The normalized spacial score (nSPS) is 17.8. The summed E-state index contributed by atoms with van der Waals surface area (Å²) >= 11 is 0. The zero-order valence-electron chi connectivity index (χ0n) is 10.1. The van der Waals surface area contributed by atoms with E-state index in [4.69, 9.17) is 5.73 Å². The van der Waals surface area contributed by atoms with Crippen molar-refractivity contribution in [3.05, 3.63) is 12.2 Å². The average molecular weight is 225 g/mol. The van der Waals surface area contributed by atoms with Crippen molar-refractivity contribution in [2.24, 2.45) is 5.73 Å². The number of amides is 2. The van der Waals surface area contributed by atoms with E-state index in [1.165, 1.54) is 11.0 Å². The lowest BCUT2D eigenvalue weighted by molar-refractivity contribution is -0.135. The quantitative estimate of drug-likeness (QED) is 0.646. The molecule has 0 atom stereocenters. The van der Waals surface area contributed by atoms with E-state index in [0.717, 1.165) is 0 Å². The fourth-order valence-corrected chi connectivity index (χ4v) is 1.55. The fraction of sp³-hybridized carbons (Fsp3) is 0.636. The number of carbonyl (C=O) groups is 2. The second-order valence-electron chi connectivity index (χ2n) is 4.46. The highest BCUT2D eigenvalue weighted by Crippen LogP contribution is 2.40. The molecule has 1 aliphatic rings. The van der Waals surface area contributed by atoms with E-state index in [-0.39, 0.29) is 5.91 Å². The maximum Gasteiger partial charge on any atom is 0.246 e. The van der Waals surface area contributed by atoms with Crippen molar-refractivity contribution >= 4 is 11.8 Å². The first-order valence-electron chi connectivity index (χ1n) is 5.29.